The number of halogens is 2. The largest absolute Gasteiger partial charge is 0.375 e. The summed E-state index contributed by atoms with van der Waals surface area (Å²) in [5.74, 6) is 1.64. The third kappa shape index (κ3) is 6.91. The maximum atomic E-state index is 11.9. The summed E-state index contributed by atoms with van der Waals surface area (Å²) in [5, 5.41) is 7.04. The fourth-order valence-electron chi connectivity index (χ4n) is 1.89. The van der Waals surface area contributed by atoms with Gasteiger partial charge < -0.3 is 14.6 Å². The van der Waals surface area contributed by atoms with Crippen LogP contribution in [0.4, 0.5) is 8.78 Å². The lowest BCUT2D eigenvalue weighted by Crippen LogP contribution is -2.29. The van der Waals surface area contributed by atoms with Crippen molar-refractivity contribution in [3.63, 3.8) is 0 Å². The Hall–Kier alpha value is -1.08. The number of rotatable bonds is 10. The fraction of sp³-hybridized carbons (Fsp3) is 0.846. The second-order valence-corrected chi connectivity index (χ2v) is 5.14. The van der Waals surface area contributed by atoms with Gasteiger partial charge in [0.2, 0.25) is 5.89 Å². The van der Waals surface area contributed by atoms with E-state index in [1.807, 2.05) is 7.05 Å². The topological polar surface area (TPSA) is 60.2 Å². The first-order valence-corrected chi connectivity index (χ1v) is 6.85. The molecule has 1 heterocycles. The number of hydrogen-bond donors (Lipinski definition) is 1. The molecule has 116 valence electrons. The first kappa shape index (κ1) is 17.0. The van der Waals surface area contributed by atoms with Gasteiger partial charge in [0, 0.05) is 18.9 Å². The lowest BCUT2D eigenvalue weighted by Gasteiger charge is -2.15. The van der Waals surface area contributed by atoms with Crippen LogP contribution in [-0.2, 0) is 17.6 Å². The minimum absolute atomic E-state index is 0.171. The van der Waals surface area contributed by atoms with Crippen LogP contribution in [-0.4, -0.2) is 42.9 Å². The summed E-state index contributed by atoms with van der Waals surface area (Å²) in [4.78, 5) is 4.24. The van der Waals surface area contributed by atoms with Gasteiger partial charge in [-0.1, -0.05) is 19.0 Å². The van der Waals surface area contributed by atoms with Crippen molar-refractivity contribution in [1.29, 1.82) is 0 Å². The van der Waals surface area contributed by atoms with Crippen molar-refractivity contribution in [2.45, 2.75) is 45.6 Å². The van der Waals surface area contributed by atoms with Crippen LogP contribution in [0.15, 0.2) is 4.52 Å². The van der Waals surface area contributed by atoms with Crippen LogP contribution in [0.3, 0.4) is 0 Å². The van der Waals surface area contributed by atoms with Crippen LogP contribution >= 0.6 is 0 Å². The van der Waals surface area contributed by atoms with E-state index in [0.717, 1.165) is 6.42 Å². The monoisotopic (exact) mass is 291 g/mol. The quantitative estimate of drug-likeness (QED) is 0.669. The van der Waals surface area contributed by atoms with Gasteiger partial charge in [0.25, 0.3) is 6.43 Å². The number of nitrogens with one attached hydrogen (secondary N) is 1. The molecule has 0 aromatic carbocycles. The van der Waals surface area contributed by atoms with Crippen molar-refractivity contribution in [3.8, 4) is 0 Å². The molecule has 0 saturated carbocycles. The average Bonchev–Trinajstić information content (AvgIpc) is 2.80. The van der Waals surface area contributed by atoms with E-state index in [2.05, 4.69) is 29.3 Å². The van der Waals surface area contributed by atoms with Crippen molar-refractivity contribution in [2.24, 2.45) is 5.92 Å². The molecule has 1 rings (SSSR count). The number of aromatic nitrogens is 2. The summed E-state index contributed by atoms with van der Waals surface area (Å²) in [6.07, 6.45) is -0.376. The van der Waals surface area contributed by atoms with Crippen molar-refractivity contribution in [3.05, 3.63) is 11.7 Å². The van der Waals surface area contributed by atoms with Gasteiger partial charge in [0.05, 0.1) is 6.61 Å². The van der Waals surface area contributed by atoms with Gasteiger partial charge in [-0.15, -0.1) is 0 Å². The summed E-state index contributed by atoms with van der Waals surface area (Å²) in [7, 11) is 1.91. The number of likely N-dealkylation sites (N-methyl/N-ethyl adjacent to an activating group) is 1. The molecule has 7 heteroatoms. The molecule has 0 fully saturated rings. The lowest BCUT2D eigenvalue weighted by molar-refractivity contribution is 0.0182. The number of ether oxygens (including phenoxy) is 1. The van der Waals surface area contributed by atoms with E-state index in [-0.39, 0.29) is 6.61 Å². The van der Waals surface area contributed by atoms with Crippen molar-refractivity contribution in [2.75, 3.05) is 20.3 Å². The number of alkyl halides is 2. The first-order chi connectivity index (χ1) is 9.51. The van der Waals surface area contributed by atoms with Crippen LogP contribution in [0.25, 0.3) is 0 Å². The third-order valence-electron chi connectivity index (χ3n) is 2.81. The van der Waals surface area contributed by atoms with E-state index in [0.29, 0.717) is 36.5 Å². The Morgan fingerprint density at radius 3 is 2.70 bits per heavy atom. The Labute approximate surface area is 118 Å². The molecule has 0 aliphatic heterocycles. The Morgan fingerprint density at radius 2 is 2.10 bits per heavy atom. The SMILES string of the molecule is CNC(Cc1nc(CCOCC(F)F)no1)CC(C)C. The van der Waals surface area contributed by atoms with Gasteiger partial charge >= 0.3 is 0 Å². The standard InChI is InChI=1S/C13H23F2N3O2/c1-9(2)6-10(16-3)7-13-17-12(18-20-13)4-5-19-8-11(14)15/h9-11,16H,4-8H2,1-3H3. The molecule has 1 unspecified atom stereocenters. The summed E-state index contributed by atoms with van der Waals surface area (Å²) in [5.41, 5.74) is 0. The van der Waals surface area contributed by atoms with Crippen LogP contribution in [0, 0.1) is 5.92 Å². The molecule has 0 radical (unpaired) electrons. The smallest absolute Gasteiger partial charge is 0.261 e. The second-order valence-electron chi connectivity index (χ2n) is 5.14. The summed E-state index contributed by atoms with van der Waals surface area (Å²) >= 11 is 0. The molecule has 5 nitrogen and oxygen atoms in total. The van der Waals surface area contributed by atoms with Crippen molar-refractivity contribution in [1.82, 2.24) is 15.5 Å². The van der Waals surface area contributed by atoms with Gasteiger partial charge in [-0.3, -0.25) is 0 Å². The Balaban J connectivity index is 2.34. The Bertz CT molecular complexity index is 372. The van der Waals surface area contributed by atoms with E-state index in [9.17, 15) is 8.78 Å². The second kappa shape index (κ2) is 8.97. The average molecular weight is 291 g/mol. The van der Waals surface area contributed by atoms with Crippen molar-refractivity contribution >= 4 is 0 Å². The third-order valence-corrected chi connectivity index (χ3v) is 2.81. The molecule has 20 heavy (non-hydrogen) atoms. The highest BCUT2D eigenvalue weighted by atomic mass is 19.3. The molecule has 0 amide bonds. The van der Waals surface area contributed by atoms with Crippen LogP contribution in [0.1, 0.15) is 32.0 Å². The summed E-state index contributed by atoms with van der Waals surface area (Å²) in [6.45, 7) is 3.93. The first-order valence-electron chi connectivity index (χ1n) is 6.85. The molecular weight excluding hydrogens is 268 g/mol. The zero-order chi connectivity index (χ0) is 15.0. The predicted molar refractivity (Wildman–Crippen MR) is 70.8 cm³/mol. The van der Waals surface area contributed by atoms with Gasteiger partial charge in [0.15, 0.2) is 5.82 Å². The zero-order valence-electron chi connectivity index (χ0n) is 12.2. The molecule has 0 aliphatic rings. The van der Waals surface area contributed by atoms with Crippen LogP contribution in [0.2, 0.25) is 0 Å². The normalized spacial score (nSPS) is 13.3. The Kier molecular flexibility index (Phi) is 7.61. The molecule has 1 N–H and O–H groups in total. The molecule has 0 saturated heterocycles. The van der Waals surface area contributed by atoms with Crippen LogP contribution in [0.5, 0.6) is 0 Å². The minimum Gasteiger partial charge on any atom is -0.375 e. The van der Waals surface area contributed by atoms with Gasteiger partial charge in [0.1, 0.15) is 6.61 Å². The number of nitrogens with zero attached hydrogens (tertiary/aromatic N) is 2. The molecule has 1 aromatic rings. The van der Waals surface area contributed by atoms with Gasteiger partial charge in [-0.25, -0.2) is 8.78 Å². The highest BCUT2D eigenvalue weighted by molar-refractivity contribution is 4.90. The van der Waals surface area contributed by atoms with E-state index >= 15 is 0 Å². The summed E-state index contributed by atoms with van der Waals surface area (Å²) in [6, 6.07) is 0.290. The van der Waals surface area contributed by atoms with Gasteiger partial charge in [-0.2, -0.15) is 4.98 Å². The predicted octanol–water partition coefficient (Wildman–Crippen LogP) is 2.07. The highest BCUT2D eigenvalue weighted by Crippen LogP contribution is 2.10. The summed E-state index contributed by atoms with van der Waals surface area (Å²) < 4.78 is 33.7. The van der Waals surface area contributed by atoms with Crippen LogP contribution < -0.4 is 5.32 Å². The maximum Gasteiger partial charge on any atom is 0.261 e. The molecule has 0 aliphatic carbocycles. The molecular formula is C13H23F2N3O2. The van der Waals surface area contributed by atoms with E-state index < -0.39 is 13.0 Å². The Morgan fingerprint density at radius 1 is 1.35 bits per heavy atom. The van der Waals surface area contributed by atoms with E-state index in [4.69, 9.17) is 9.26 Å². The minimum atomic E-state index is -2.44. The van der Waals surface area contributed by atoms with E-state index in [1.54, 1.807) is 0 Å². The highest BCUT2D eigenvalue weighted by Gasteiger charge is 2.14. The van der Waals surface area contributed by atoms with E-state index in [1.165, 1.54) is 0 Å². The van der Waals surface area contributed by atoms with Crippen molar-refractivity contribution < 1.29 is 18.0 Å². The molecule has 0 bridgehead atoms. The lowest BCUT2D eigenvalue weighted by atomic mass is 10.0. The molecule has 0 spiro atoms. The molecule has 1 aromatic heterocycles. The number of hydrogen-bond acceptors (Lipinski definition) is 5. The molecule has 1 atom stereocenters. The fourth-order valence-corrected chi connectivity index (χ4v) is 1.89. The van der Waals surface area contributed by atoms with Gasteiger partial charge in [-0.05, 0) is 19.4 Å². The zero-order valence-corrected chi connectivity index (χ0v) is 12.2. The maximum absolute atomic E-state index is 11.9.